The summed E-state index contributed by atoms with van der Waals surface area (Å²) in [5, 5.41) is 13.3. The van der Waals surface area contributed by atoms with Crippen molar-refractivity contribution in [2.45, 2.75) is 4.90 Å². The molecule has 0 spiro atoms. The summed E-state index contributed by atoms with van der Waals surface area (Å²) in [5.41, 5.74) is 0.775. The number of sulfonamides is 1. The first-order valence-corrected chi connectivity index (χ1v) is 9.33. The lowest BCUT2D eigenvalue weighted by molar-refractivity contribution is 0.256. The third kappa shape index (κ3) is 5.83. The molecule has 0 aliphatic carbocycles. The number of anilines is 2. The highest BCUT2D eigenvalue weighted by atomic mass is 35.5. The van der Waals surface area contributed by atoms with E-state index in [4.69, 9.17) is 40.6 Å². The number of thiocarbonyl (C=S) groups is 1. The third-order valence-corrected chi connectivity index (χ3v) is 4.68. The maximum atomic E-state index is 11.9. The van der Waals surface area contributed by atoms with E-state index in [0.717, 1.165) is 0 Å². The van der Waals surface area contributed by atoms with Gasteiger partial charge >= 0.3 is 6.03 Å². The summed E-state index contributed by atoms with van der Waals surface area (Å²) in [6, 6.07) is 9.66. The molecular weight excluding hydrogens is 407 g/mol. The van der Waals surface area contributed by atoms with Crippen LogP contribution in [-0.4, -0.2) is 19.6 Å². The second-order valence-electron chi connectivity index (χ2n) is 4.73. The van der Waals surface area contributed by atoms with Crippen LogP contribution in [0.2, 0.25) is 10.0 Å². The van der Waals surface area contributed by atoms with Gasteiger partial charge in [0.25, 0.3) is 0 Å². The first-order valence-electron chi connectivity index (χ1n) is 6.62. The number of carbonyl (C=O) groups excluding carboxylic acids is 1. The van der Waals surface area contributed by atoms with E-state index in [1.54, 1.807) is 12.1 Å². The zero-order valence-corrected chi connectivity index (χ0v) is 15.6. The van der Waals surface area contributed by atoms with Gasteiger partial charge in [-0.3, -0.25) is 5.32 Å². The van der Waals surface area contributed by atoms with Crippen LogP contribution in [0, 0.1) is 0 Å². The van der Waals surface area contributed by atoms with E-state index in [2.05, 4.69) is 16.0 Å². The maximum Gasteiger partial charge on any atom is 0.325 e. The van der Waals surface area contributed by atoms with Gasteiger partial charge in [-0.1, -0.05) is 29.3 Å². The highest BCUT2D eigenvalue weighted by Crippen LogP contribution is 2.24. The highest BCUT2D eigenvalue weighted by molar-refractivity contribution is 7.89. The van der Waals surface area contributed by atoms with Crippen LogP contribution in [0.15, 0.2) is 47.4 Å². The van der Waals surface area contributed by atoms with Gasteiger partial charge in [0.15, 0.2) is 5.11 Å². The van der Waals surface area contributed by atoms with Crippen LogP contribution in [-0.2, 0) is 10.0 Å². The molecule has 0 aliphatic rings. The molecule has 11 heteroatoms. The Balaban J connectivity index is 1.98. The van der Waals surface area contributed by atoms with Crippen molar-refractivity contribution in [1.82, 2.24) is 5.32 Å². The number of urea groups is 1. The van der Waals surface area contributed by atoms with Gasteiger partial charge in [0.05, 0.1) is 14.9 Å². The topological polar surface area (TPSA) is 113 Å². The molecule has 0 aliphatic heterocycles. The molecule has 2 amide bonds. The Bertz CT molecular complexity index is 935. The summed E-state index contributed by atoms with van der Waals surface area (Å²) in [5.74, 6) is 0. The average Bonchev–Trinajstić information content (AvgIpc) is 2.50. The summed E-state index contributed by atoms with van der Waals surface area (Å²) in [6.07, 6.45) is 0. The molecule has 0 aromatic heterocycles. The summed E-state index contributed by atoms with van der Waals surface area (Å²) in [7, 11) is -3.84. The van der Waals surface area contributed by atoms with E-state index in [0.29, 0.717) is 21.4 Å². The van der Waals surface area contributed by atoms with Crippen molar-refractivity contribution >= 4 is 68.0 Å². The molecule has 0 unspecified atom stereocenters. The summed E-state index contributed by atoms with van der Waals surface area (Å²) < 4.78 is 22.6. The van der Waals surface area contributed by atoms with Gasteiger partial charge in [-0.15, -0.1) is 0 Å². The molecule has 0 saturated carbocycles. The smallest absolute Gasteiger partial charge is 0.325 e. The predicted octanol–water partition coefficient (Wildman–Crippen LogP) is 3.16. The molecule has 0 heterocycles. The fourth-order valence-electron chi connectivity index (χ4n) is 1.75. The zero-order valence-electron chi connectivity index (χ0n) is 12.4. The van der Waals surface area contributed by atoms with Gasteiger partial charge in [0.1, 0.15) is 0 Å². The lowest BCUT2D eigenvalue weighted by Crippen LogP contribution is -2.37. The lowest BCUT2D eigenvalue weighted by atomic mass is 10.3. The molecule has 0 radical (unpaired) electrons. The molecule has 25 heavy (non-hydrogen) atoms. The van der Waals surface area contributed by atoms with E-state index < -0.39 is 16.1 Å². The SMILES string of the molecule is NS(=O)(=O)c1cccc(NC(=S)NC(=O)Nc2ccc(Cl)c(Cl)c2)c1. The molecular formula is C14H12Cl2N4O3S2. The van der Waals surface area contributed by atoms with Gasteiger partial charge in [-0.2, -0.15) is 0 Å². The minimum atomic E-state index is -3.84. The molecule has 2 aromatic rings. The molecule has 0 atom stereocenters. The minimum absolute atomic E-state index is 0.0378. The highest BCUT2D eigenvalue weighted by Gasteiger charge is 2.10. The number of nitrogens with two attached hydrogens (primary N) is 1. The van der Waals surface area contributed by atoms with Gasteiger partial charge in [0, 0.05) is 11.4 Å². The Morgan fingerprint density at radius 1 is 1.00 bits per heavy atom. The quantitative estimate of drug-likeness (QED) is 0.571. The Labute approximate surface area is 159 Å². The van der Waals surface area contributed by atoms with E-state index >= 15 is 0 Å². The van der Waals surface area contributed by atoms with Crippen LogP contribution in [0.4, 0.5) is 16.2 Å². The van der Waals surface area contributed by atoms with Gasteiger partial charge in [-0.05, 0) is 48.6 Å². The van der Waals surface area contributed by atoms with E-state index in [1.807, 2.05) is 0 Å². The number of amides is 2. The van der Waals surface area contributed by atoms with Crippen molar-refractivity contribution in [2.24, 2.45) is 5.14 Å². The Morgan fingerprint density at radius 2 is 1.68 bits per heavy atom. The zero-order chi connectivity index (χ0) is 18.6. The van der Waals surface area contributed by atoms with E-state index in [1.165, 1.54) is 30.3 Å². The molecule has 5 N–H and O–H groups in total. The number of nitrogens with one attached hydrogen (secondary N) is 3. The number of carbonyl (C=O) groups is 1. The largest absolute Gasteiger partial charge is 0.332 e. The van der Waals surface area contributed by atoms with Crippen molar-refractivity contribution in [3.63, 3.8) is 0 Å². The monoisotopic (exact) mass is 418 g/mol. The van der Waals surface area contributed by atoms with Crippen LogP contribution in [0.25, 0.3) is 0 Å². The van der Waals surface area contributed by atoms with Crippen molar-refractivity contribution < 1.29 is 13.2 Å². The van der Waals surface area contributed by atoms with E-state index in [9.17, 15) is 13.2 Å². The van der Waals surface area contributed by atoms with Gasteiger partial charge in [-0.25, -0.2) is 18.4 Å². The minimum Gasteiger partial charge on any atom is -0.332 e. The third-order valence-electron chi connectivity index (χ3n) is 2.82. The van der Waals surface area contributed by atoms with Crippen molar-refractivity contribution in [3.05, 3.63) is 52.5 Å². The van der Waals surface area contributed by atoms with Crippen molar-refractivity contribution in [2.75, 3.05) is 10.6 Å². The molecule has 7 nitrogen and oxygen atoms in total. The predicted molar refractivity (Wildman–Crippen MR) is 103 cm³/mol. The molecule has 0 saturated heterocycles. The van der Waals surface area contributed by atoms with Crippen LogP contribution in [0.1, 0.15) is 0 Å². The Kier molecular flexibility index (Phi) is 6.20. The van der Waals surface area contributed by atoms with Crippen molar-refractivity contribution in [3.8, 4) is 0 Å². The standard InChI is InChI=1S/C14H12Cl2N4O3S2/c15-11-5-4-9(7-12(11)16)18-13(21)20-14(24)19-8-2-1-3-10(6-8)25(17,22)23/h1-7H,(H2,17,22,23)(H3,18,19,20,21,24). The number of hydrogen-bond acceptors (Lipinski definition) is 4. The number of halogens is 2. The average molecular weight is 419 g/mol. The fraction of sp³-hybridized carbons (Fsp3) is 0. The summed E-state index contributed by atoms with van der Waals surface area (Å²) >= 11 is 16.7. The summed E-state index contributed by atoms with van der Waals surface area (Å²) in [4.78, 5) is 11.8. The first-order chi connectivity index (χ1) is 11.6. The fourth-order valence-corrected chi connectivity index (χ4v) is 2.82. The van der Waals surface area contributed by atoms with Crippen molar-refractivity contribution in [1.29, 1.82) is 0 Å². The Morgan fingerprint density at radius 3 is 2.32 bits per heavy atom. The maximum absolute atomic E-state index is 11.9. The second-order valence-corrected chi connectivity index (χ2v) is 7.52. The summed E-state index contributed by atoms with van der Waals surface area (Å²) in [6.45, 7) is 0. The van der Waals surface area contributed by atoms with Crippen LogP contribution < -0.4 is 21.1 Å². The van der Waals surface area contributed by atoms with Crippen LogP contribution >= 0.6 is 35.4 Å². The normalized spacial score (nSPS) is 10.8. The second kappa shape index (κ2) is 7.98. The van der Waals surface area contributed by atoms with Gasteiger partial charge < -0.3 is 10.6 Å². The number of benzene rings is 2. The van der Waals surface area contributed by atoms with Crippen LogP contribution in [0.3, 0.4) is 0 Å². The lowest BCUT2D eigenvalue weighted by Gasteiger charge is -2.11. The molecule has 2 aromatic carbocycles. The number of hydrogen-bond donors (Lipinski definition) is 4. The Hall–Kier alpha value is -1.91. The first kappa shape index (κ1) is 19.4. The molecule has 0 bridgehead atoms. The molecule has 2 rings (SSSR count). The number of primary sulfonamides is 1. The van der Waals surface area contributed by atoms with Crippen LogP contribution in [0.5, 0.6) is 0 Å². The van der Waals surface area contributed by atoms with Gasteiger partial charge in [0.2, 0.25) is 10.0 Å². The van der Waals surface area contributed by atoms with E-state index in [-0.39, 0.29) is 10.0 Å². The number of rotatable bonds is 3. The molecule has 132 valence electrons. The molecule has 0 fully saturated rings.